The van der Waals surface area contributed by atoms with Gasteiger partial charge in [0.2, 0.25) is 0 Å². The van der Waals surface area contributed by atoms with Crippen molar-refractivity contribution in [3.63, 3.8) is 0 Å². The van der Waals surface area contributed by atoms with Gasteiger partial charge in [-0.05, 0) is 6.42 Å². The van der Waals surface area contributed by atoms with Crippen molar-refractivity contribution in [1.82, 2.24) is 14.3 Å². The maximum Gasteiger partial charge on any atom is 0.260 e. The van der Waals surface area contributed by atoms with E-state index in [9.17, 15) is 8.42 Å². The van der Waals surface area contributed by atoms with E-state index >= 15 is 0 Å². The lowest BCUT2D eigenvalue weighted by Gasteiger charge is -2.33. The average molecular weight is 273 g/mol. The van der Waals surface area contributed by atoms with Gasteiger partial charge in [0.15, 0.2) is 5.03 Å². The van der Waals surface area contributed by atoms with Crippen molar-refractivity contribution in [2.75, 3.05) is 19.8 Å². The SMILES string of the molecule is CCc1ncc(S(=O)(=O)N2CCOCC2CC)[nH]1. The van der Waals surface area contributed by atoms with Gasteiger partial charge < -0.3 is 9.72 Å². The molecule has 2 rings (SSSR count). The number of hydrogen-bond donors (Lipinski definition) is 1. The summed E-state index contributed by atoms with van der Waals surface area (Å²) in [5, 5.41) is 0.180. The minimum Gasteiger partial charge on any atom is -0.378 e. The lowest BCUT2D eigenvalue weighted by molar-refractivity contribution is 0.0313. The molecule has 0 amide bonds. The van der Waals surface area contributed by atoms with Crippen LogP contribution in [0.1, 0.15) is 26.1 Å². The molecule has 0 radical (unpaired) electrons. The molecule has 0 aliphatic carbocycles. The van der Waals surface area contributed by atoms with E-state index in [4.69, 9.17) is 4.74 Å². The molecule has 0 aromatic carbocycles. The van der Waals surface area contributed by atoms with Crippen molar-refractivity contribution in [2.24, 2.45) is 0 Å². The van der Waals surface area contributed by atoms with Gasteiger partial charge in [0, 0.05) is 19.0 Å². The Morgan fingerprint density at radius 3 is 2.94 bits per heavy atom. The molecule has 1 N–H and O–H groups in total. The Hall–Kier alpha value is -0.920. The monoisotopic (exact) mass is 273 g/mol. The molecule has 7 heteroatoms. The van der Waals surface area contributed by atoms with Crippen molar-refractivity contribution in [3.8, 4) is 0 Å². The van der Waals surface area contributed by atoms with Crippen LogP contribution in [0, 0.1) is 0 Å². The van der Waals surface area contributed by atoms with E-state index in [1.807, 2.05) is 13.8 Å². The molecular weight excluding hydrogens is 254 g/mol. The Morgan fingerprint density at radius 2 is 2.33 bits per heavy atom. The van der Waals surface area contributed by atoms with Gasteiger partial charge in [-0.1, -0.05) is 13.8 Å². The number of H-pyrrole nitrogens is 1. The Morgan fingerprint density at radius 1 is 1.56 bits per heavy atom. The number of aromatic nitrogens is 2. The van der Waals surface area contributed by atoms with Gasteiger partial charge in [0.05, 0.1) is 19.4 Å². The molecule has 1 aromatic rings. The van der Waals surface area contributed by atoms with Crippen LogP contribution in [0.4, 0.5) is 0 Å². The smallest absolute Gasteiger partial charge is 0.260 e. The molecule has 1 unspecified atom stereocenters. The van der Waals surface area contributed by atoms with E-state index < -0.39 is 10.0 Å². The second-order valence-corrected chi connectivity index (χ2v) is 6.16. The third-order valence-electron chi connectivity index (χ3n) is 3.17. The first-order valence-corrected chi connectivity index (χ1v) is 7.67. The summed E-state index contributed by atoms with van der Waals surface area (Å²) in [4.78, 5) is 6.92. The first-order chi connectivity index (χ1) is 8.59. The Balaban J connectivity index is 2.28. The summed E-state index contributed by atoms with van der Waals surface area (Å²) in [7, 11) is -3.48. The zero-order valence-electron chi connectivity index (χ0n) is 10.7. The molecule has 18 heavy (non-hydrogen) atoms. The van der Waals surface area contributed by atoms with E-state index in [1.165, 1.54) is 10.5 Å². The van der Waals surface area contributed by atoms with Crippen molar-refractivity contribution < 1.29 is 13.2 Å². The van der Waals surface area contributed by atoms with Gasteiger partial charge >= 0.3 is 0 Å². The second-order valence-electron chi connectivity index (χ2n) is 4.30. The Labute approximate surface area is 107 Å². The summed E-state index contributed by atoms with van der Waals surface area (Å²) >= 11 is 0. The van der Waals surface area contributed by atoms with E-state index in [0.717, 1.165) is 6.42 Å². The molecule has 1 saturated heterocycles. The van der Waals surface area contributed by atoms with Crippen LogP contribution >= 0.6 is 0 Å². The van der Waals surface area contributed by atoms with Gasteiger partial charge in [-0.3, -0.25) is 0 Å². The third kappa shape index (κ3) is 2.43. The zero-order chi connectivity index (χ0) is 13.2. The Kier molecular flexibility index (Phi) is 4.04. The predicted molar refractivity (Wildman–Crippen MR) is 66.8 cm³/mol. The Bertz CT molecular complexity index is 497. The molecule has 102 valence electrons. The van der Waals surface area contributed by atoms with Crippen LogP contribution < -0.4 is 0 Å². The van der Waals surface area contributed by atoms with Crippen molar-refractivity contribution in [3.05, 3.63) is 12.0 Å². The summed E-state index contributed by atoms with van der Waals surface area (Å²) in [6.07, 6.45) is 2.83. The zero-order valence-corrected chi connectivity index (χ0v) is 11.5. The number of sulfonamides is 1. The fourth-order valence-electron chi connectivity index (χ4n) is 2.06. The predicted octanol–water partition coefficient (Wildman–Crippen LogP) is 0.772. The van der Waals surface area contributed by atoms with Crippen LogP contribution in [0.5, 0.6) is 0 Å². The molecule has 2 heterocycles. The largest absolute Gasteiger partial charge is 0.378 e. The van der Waals surface area contributed by atoms with Crippen LogP contribution in [-0.2, 0) is 21.2 Å². The average Bonchev–Trinajstić information content (AvgIpc) is 2.88. The van der Waals surface area contributed by atoms with Crippen molar-refractivity contribution in [1.29, 1.82) is 0 Å². The molecular formula is C11H19N3O3S. The highest BCUT2D eigenvalue weighted by Gasteiger charge is 2.34. The normalized spacial score (nSPS) is 22.2. The lowest BCUT2D eigenvalue weighted by Crippen LogP contribution is -2.48. The molecule has 1 aliphatic rings. The molecule has 1 atom stereocenters. The minimum absolute atomic E-state index is 0.0860. The van der Waals surface area contributed by atoms with Crippen LogP contribution in [0.3, 0.4) is 0 Å². The highest BCUT2D eigenvalue weighted by Crippen LogP contribution is 2.20. The summed E-state index contributed by atoms with van der Waals surface area (Å²) in [6.45, 7) is 5.21. The highest BCUT2D eigenvalue weighted by molar-refractivity contribution is 7.89. The number of hydrogen-bond acceptors (Lipinski definition) is 4. The lowest BCUT2D eigenvalue weighted by atomic mass is 10.2. The number of aromatic amines is 1. The van der Waals surface area contributed by atoms with E-state index in [2.05, 4.69) is 9.97 Å². The van der Waals surface area contributed by atoms with Crippen molar-refractivity contribution >= 4 is 10.0 Å². The summed E-state index contributed by atoms with van der Waals surface area (Å²) in [5.41, 5.74) is 0. The minimum atomic E-state index is -3.48. The molecule has 1 aromatic heterocycles. The summed E-state index contributed by atoms with van der Waals surface area (Å²) in [5.74, 6) is 0.690. The molecule has 0 saturated carbocycles. The van der Waals surface area contributed by atoms with Crippen molar-refractivity contribution in [2.45, 2.75) is 37.8 Å². The number of nitrogens with zero attached hydrogens (tertiary/aromatic N) is 2. The molecule has 6 nitrogen and oxygen atoms in total. The van der Waals surface area contributed by atoms with Gasteiger partial charge in [-0.15, -0.1) is 0 Å². The van der Waals surface area contributed by atoms with Crippen LogP contribution in [0.25, 0.3) is 0 Å². The van der Waals surface area contributed by atoms with E-state index in [-0.39, 0.29) is 11.1 Å². The number of imidazole rings is 1. The number of aryl methyl sites for hydroxylation is 1. The number of ether oxygens (including phenoxy) is 1. The first-order valence-electron chi connectivity index (χ1n) is 6.23. The molecule has 1 aliphatic heterocycles. The van der Waals surface area contributed by atoms with Gasteiger partial charge in [-0.2, -0.15) is 4.31 Å². The number of nitrogens with one attached hydrogen (secondary N) is 1. The summed E-state index contributed by atoms with van der Waals surface area (Å²) in [6, 6.07) is -0.0860. The quantitative estimate of drug-likeness (QED) is 0.879. The fourth-order valence-corrected chi connectivity index (χ4v) is 3.66. The standard InChI is InChI=1S/C11H19N3O3S/c1-3-9-8-17-6-5-14(9)18(15,16)11-7-12-10(4-2)13-11/h7,9H,3-6,8H2,1-2H3,(H,12,13). The molecule has 1 fully saturated rings. The van der Waals surface area contributed by atoms with Gasteiger partial charge in [-0.25, -0.2) is 13.4 Å². The van der Waals surface area contributed by atoms with E-state index in [0.29, 0.717) is 32.0 Å². The maximum absolute atomic E-state index is 12.5. The van der Waals surface area contributed by atoms with Crippen LogP contribution in [-0.4, -0.2) is 48.5 Å². The molecule has 0 spiro atoms. The van der Waals surface area contributed by atoms with Crippen LogP contribution in [0.15, 0.2) is 11.2 Å². The van der Waals surface area contributed by atoms with Gasteiger partial charge in [0.1, 0.15) is 5.82 Å². The molecule has 0 bridgehead atoms. The van der Waals surface area contributed by atoms with Crippen LogP contribution in [0.2, 0.25) is 0 Å². The second kappa shape index (κ2) is 5.38. The topological polar surface area (TPSA) is 75.3 Å². The third-order valence-corrected chi connectivity index (χ3v) is 5.03. The van der Waals surface area contributed by atoms with E-state index in [1.54, 1.807) is 0 Å². The summed E-state index contributed by atoms with van der Waals surface area (Å²) < 4.78 is 31.8. The fraction of sp³-hybridized carbons (Fsp3) is 0.727. The van der Waals surface area contributed by atoms with Gasteiger partial charge in [0.25, 0.3) is 10.0 Å². The number of rotatable bonds is 4. The first kappa shape index (κ1) is 13.5. The highest BCUT2D eigenvalue weighted by atomic mass is 32.2. The maximum atomic E-state index is 12.5. The number of morpholine rings is 1.